The van der Waals surface area contributed by atoms with Gasteiger partial charge < -0.3 is 24.1 Å². The van der Waals surface area contributed by atoms with Gasteiger partial charge in [0.05, 0.1) is 43.6 Å². The van der Waals surface area contributed by atoms with Crippen molar-refractivity contribution in [2.24, 2.45) is 5.10 Å². The molecule has 0 radical (unpaired) electrons. The molecule has 1 aromatic carbocycles. The molecule has 0 aliphatic carbocycles. The van der Waals surface area contributed by atoms with Crippen molar-refractivity contribution in [3.63, 3.8) is 0 Å². The minimum atomic E-state index is -4.95. The van der Waals surface area contributed by atoms with Gasteiger partial charge in [-0.1, -0.05) is 0 Å². The van der Waals surface area contributed by atoms with Crippen LogP contribution in [0.25, 0.3) is 11.0 Å². The van der Waals surface area contributed by atoms with Gasteiger partial charge in [-0.2, -0.15) is 18.3 Å². The zero-order valence-corrected chi connectivity index (χ0v) is 12.6. The van der Waals surface area contributed by atoms with E-state index in [1.807, 2.05) is 0 Å². The standard InChI is InChI=1S/C14H13F3N2O5/c1-22-10-6-3-4-24-11(6)12(23-2)9(20)8(10)7-5-13(21,19-18-7)14(15,16)17/h3-4,19-21H,5H2,1-2H3/t13-/m0/s1. The van der Waals surface area contributed by atoms with E-state index in [4.69, 9.17) is 13.9 Å². The molecular formula is C14H13F3N2O5. The van der Waals surface area contributed by atoms with Gasteiger partial charge in [-0.15, -0.1) is 0 Å². The highest BCUT2D eigenvalue weighted by molar-refractivity contribution is 6.12. The summed E-state index contributed by atoms with van der Waals surface area (Å²) in [7, 11) is 2.56. The van der Waals surface area contributed by atoms with Crippen LogP contribution < -0.4 is 14.9 Å². The number of hydrazone groups is 1. The predicted octanol–water partition coefficient (Wildman–Crippen LogP) is 2.10. The Morgan fingerprint density at radius 1 is 1.29 bits per heavy atom. The maximum Gasteiger partial charge on any atom is 0.438 e. The summed E-state index contributed by atoms with van der Waals surface area (Å²) in [5.74, 6) is -0.510. The van der Waals surface area contributed by atoms with Crippen molar-refractivity contribution in [3.05, 3.63) is 17.9 Å². The Labute approximate surface area is 133 Å². The van der Waals surface area contributed by atoms with Crippen molar-refractivity contribution < 1.29 is 37.3 Å². The number of nitrogens with zero attached hydrogens (tertiary/aromatic N) is 1. The first-order valence-electron chi connectivity index (χ1n) is 6.71. The summed E-state index contributed by atoms with van der Waals surface area (Å²) >= 11 is 0. The highest BCUT2D eigenvalue weighted by Gasteiger charge is 2.57. The Bertz CT molecular complexity index is 830. The van der Waals surface area contributed by atoms with Gasteiger partial charge in [-0.25, -0.2) is 0 Å². The second-order valence-corrected chi connectivity index (χ2v) is 5.16. The van der Waals surface area contributed by atoms with Gasteiger partial charge in [0.25, 0.3) is 5.72 Å². The van der Waals surface area contributed by atoms with Crippen LogP contribution in [0.3, 0.4) is 0 Å². The van der Waals surface area contributed by atoms with E-state index in [2.05, 4.69) is 5.10 Å². The third-order valence-electron chi connectivity index (χ3n) is 3.76. The van der Waals surface area contributed by atoms with Crippen molar-refractivity contribution >= 4 is 16.7 Å². The number of benzene rings is 1. The van der Waals surface area contributed by atoms with Crippen LogP contribution in [0.15, 0.2) is 21.8 Å². The minimum Gasteiger partial charge on any atom is -0.504 e. The lowest BCUT2D eigenvalue weighted by atomic mass is 9.98. The van der Waals surface area contributed by atoms with Crippen molar-refractivity contribution in [1.29, 1.82) is 0 Å². The molecule has 2 heterocycles. The lowest BCUT2D eigenvalue weighted by Gasteiger charge is -2.24. The van der Waals surface area contributed by atoms with E-state index in [0.717, 1.165) is 0 Å². The number of alkyl halides is 3. The quantitative estimate of drug-likeness (QED) is 0.788. The summed E-state index contributed by atoms with van der Waals surface area (Å²) in [4.78, 5) is 0. The Balaban J connectivity index is 2.19. The number of furan rings is 1. The average Bonchev–Trinajstić information content (AvgIpc) is 3.13. The van der Waals surface area contributed by atoms with Crippen molar-refractivity contribution in [2.75, 3.05) is 14.2 Å². The fourth-order valence-electron chi connectivity index (χ4n) is 2.59. The number of aliphatic hydroxyl groups is 1. The van der Waals surface area contributed by atoms with Crippen LogP contribution in [0.5, 0.6) is 17.2 Å². The average molecular weight is 346 g/mol. The number of methoxy groups -OCH3 is 2. The highest BCUT2D eigenvalue weighted by Crippen LogP contribution is 2.47. The number of halogens is 3. The zero-order chi connectivity index (χ0) is 17.7. The number of aromatic hydroxyl groups is 1. The summed E-state index contributed by atoms with van der Waals surface area (Å²) < 4.78 is 54.4. The monoisotopic (exact) mass is 346 g/mol. The zero-order valence-electron chi connectivity index (χ0n) is 12.6. The van der Waals surface area contributed by atoms with Crippen LogP contribution in [-0.4, -0.2) is 42.0 Å². The van der Waals surface area contributed by atoms with Crippen LogP contribution in [0.2, 0.25) is 0 Å². The Morgan fingerprint density at radius 3 is 2.50 bits per heavy atom. The fourth-order valence-corrected chi connectivity index (χ4v) is 2.59. The summed E-state index contributed by atoms with van der Waals surface area (Å²) in [6.07, 6.45) is -4.54. The number of hydrogen-bond donors (Lipinski definition) is 3. The molecule has 0 fully saturated rings. The summed E-state index contributed by atoms with van der Waals surface area (Å²) in [5, 5.41) is 24.0. The Hall–Kier alpha value is -2.62. The van der Waals surface area contributed by atoms with E-state index in [9.17, 15) is 23.4 Å². The molecule has 2 aromatic rings. The second-order valence-electron chi connectivity index (χ2n) is 5.16. The molecule has 1 atom stereocenters. The molecule has 1 aromatic heterocycles. The molecule has 0 bridgehead atoms. The van der Waals surface area contributed by atoms with E-state index >= 15 is 0 Å². The summed E-state index contributed by atoms with van der Waals surface area (Å²) in [6.45, 7) is 0. The van der Waals surface area contributed by atoms with Gasteiger partial charge in [0.1, 0.15) is 5.75 Å². The molecule has 0 unspecified atom stereocenters. The van der Waals surface area contributed by atoms with Crippen molar-refractivity contribution in [1.82, 2.24) is 5.43 Å². The van der Waals surface area contributed by atoms with Crippen LogP contribution in [0.4, 0.5) is 13.2 Å². The summed E-state index contributed by atoms with van der Waals surface area (Å²) in [6, 6.07) is 1.51. The van der Waals surface area contributed by atoms with E-state index in [-0.39, 0.29) is 28.4 Å². The molecule has 1 aliphatic rings. The first-order valence-corrected chi connectivity index (χ1v) is 6.71. The molecular weight excluding hydrogens is 333 g/mol. The van der Waals surface area contributed by atoms with Crippen LogP contribution in [0.1, 0.15) is 12.0 Å². The molecule has 0 saturated heterocycles. The topological polar surface area (TPSA) is 96.5 Å². The van der Waals surface area contributed by atoms with Gasteiger partial charge in [0.2, 0.25) is 5.75 Å². The van der Waals surface area contributed by atoms with Crippen LogP contribution in [0, 0.1) is 0 Å². The van der Waals surface area contributed by atoms with E-state index < -0.39 is 24.1 Å². The number of phenols is 1. The highest BCUT2D eigenvalue weighted by atomic mass is 19.4. The lowest BCUT2D eigenvalue weighted by Crippen LogP contribution is -2.52. The van der Waals surface area contributed by atoms with Gasteiger partial charge in [-0.05, 0) is 6.07 Å². The minimum absolute atomic E-state index is 0.0593. The van der Waals surface area contributed by atoms with Gasteiger partial charge in [-0.3, -0.25) is 5.43 Å². The van der Waals surface area contributed by atoms with Crippen LogP contribution >= 0.6 is 0 Å². The van der Waals surface area contributed by atoms with Gasteiger partial charge in [0, 0.05) is 0 Å². The molecule has 7 nitrogen and oxygen atoms in total. The molecule has 10 heteroatoms. The van der Waals surface area contributed by atoms with Gasteiger partial charge in [0.15, 0.2) is 11.3 Å². The molecule has 130 valence electrons. The largest absolute Gasteiger partial charge is 0.504 e. The predicted molar refractivity (Wildman–Crippen MR) is 76.3 cm³/mol. The molecule has 0 saturated carbocycles. The van der Waals surface area contributed by atoms with Crippen molar-refractivity contribution in [3.8, 4) is 17.2 Å². The lowest BCUT2D eigenvalue weighted by molar-refractivity contribution is -0.266. The molecule has 0 amide bonds. The number of fused-ring (bicyclic) bond motifs is 1. The molecule has 1 aliphatic heterocycles. The van der Waals surface area contributed by atoms with Crippen LogP contribution in [-0.2, 0) is 0 Å². The maximum absolute atomic E-state index is 12.9. The number of nitrogens with one attached hydrogen (secondary N) is 1. The maximum atomic E-state index is 12.9. The fraction of sp³-hybridized carbons (Fsp3) is 0.357. The number of ether oxygens (including phenoxy) is 2. The molecule has 3 N–H and O–H groups in total. The van der Waals surface area contributed by atoms with E-state index in [0.29, 0.717) is 5.39 Å². The Kier molecular flexibility index (Phi) is 3.52. The molecule has 24 heavy (non-hydrogen) atoms. The third kappa shape index (κ3) is 2.13. The normalized spacial score (nSPS) is 20.8. The first-order chi connectivity index (χ1) is 11.2. The third-order valence-corrected chi connectivity index (χ3v) is 3.76. The molecule has 0 spiro atoms. The number of hydrogen-bond acceptors (Lipinski definition) is 7. The summed E-state index contributed by atoms with van der Waals surface area (Å²) in [5.41, 5.74) is -1.73. The Morgan fingerprint density at radius 2 is 1.96 bits per heavy atom. The molecule has 3 rings (SSSR count). The number of rotatable bonds is 3. The number of phenolic OH excluding ortho intramolecular Hbond substituents is 1. The van der Waals surface area contributed by atoms with E-state index in [1.54, 1.807) is 5.43 Å². The SMILES string of the molecule is COc1c(C2=NN[C@@](O)(C(F)(F)F)C2)c(O)c(OC)c2occc12. The second kappa shape index (κ2) is 5.20. The van der Waals surface area contributed by atoms with E-state index in [1.165, 1.54) is 26.5 Å². The van der Waals surface area contributed by atoms with Gasteiger partial charge >= 0.3 is 6.18 Å². The smallest absolute Gasteiger partial charge is 0.438 e. The first kappa shape index (κ1) is 16.2. The van der Waals surface area contributed by atoms with Crippen molar-refractivity contribution in [2.45, 2.75) is 18.3 Å².